The molecule has 0 unspecified atom stereocenters. The zero-order valence-electron chi connectivity index (χ0n) is 17.2. The van der Waals surface area contributed by atoms with Crippen LogP contribution in [0.15, 0.2) is 54.6 Å². The van der Waals surface area contributed by atoms with E-state index in [2.05, 4.69) is 39.9 Å². The molecule has 2 amide bonds. The fourth-order valence-electron chi connectivity index (χ4n) is 2.92. The summed E-state index contributed by atoms with van der Waals surface area (Å²) in [6.07, 6.45) is 1.71. The minimum Gasteiger partial charge on any atom is -0.356 e. The van der Waals surface area contributed by atoms with Crippen LogP contribution in [0.5, 0.6) is 0 Å². The Morgan fingerprint density at radius 1 is 1.03 bits per heavy atom. The van der Waals surface area contributed by atoms with Gasteiger partial charge in [0, 0.05) is 25.1 Å². The molecule has 2 aromatic carbocycles. The van der Waals surface area contributed by atoms with Gasteiger partial charge in [-0.2, -0.15) is 0 Å². The van der Waals surface area contributed by atoms with E-state index in [4.69, 9.17) is 0 Å². The molecule has 0 saturated heterocycles. The van der Waals surface area contributed by atoms with Crippen LogP contribution in [-0.2, 0) is 11.2 Å². The second-order valence-electron chi connectivity index (χ2n) is 7.29. The summed E-state index contributed by atoms with van der Waals surface area (Å²) in [5, 5.41) is 14.9. The summed E-state index contributed by atoms with van der Waals surface area (Å²) < 4.78 is 0. The zero-order chi connectivity index (χ0) is 21.3. The molecule has 0 spiro atoms. The first kappa shape index (κ1) is 21.6. The van der Waals surface area contributed by atoms with E-state index >= 15 is 0 Å². The van der Waals surface area contributed by atoms with Crippen molar-refractivity contribution in [3.63, 3.8) is 0 Å². The highest BCUT2D eigenvalue weighted by Gasteiger charge is 2.14. The van der Waals surface area contributed by atoms with Gasteiger partial charge < -0.3 is 10.6 Å². The number of aryl methyl sites for hydroxylation is 2. The zero-order valence-corrected chi connectivity index (χ0v) is 18.0. The average molecular weight is 423 g/mol. The predicted octanol–water partition coefficient (Wildman–Crippen LogP) is 4.34. The van der Waals surface area contributed by atoms with Crippen molar-refractivity contribution in [2.75, 3.05) is 11.9 Å². The SMILES string of the molecule is Cc1ccc(NC(=O)c2nnc(CCCC(=O)NC[C@@H](C)c3ccccc3)s2)cc1. The topological polar surface area (TPSA) is 84.0 Å². The largest absolute Gasteiger partial charge is 0.356 e. The molecule has 6 nitrogen and oxygen atoms in total. The Morgan fingerprint density at radius 2 is 1.77 bits per heavy atom. The van der Waals surface area contributed by atoms with Gasteiger partial charge in [0.05, 0.1) is 0 Å². The van der Waals surface area contributed by atoms with Crippen LogP contribution < -0.4 is 10.6 Å². The van der Waals surface area contributed by atoms with Crippen molar-refractivity contribution in [1.82, 2.24) is 15.5 Å². The Kier molecular flexibility index (Phi) is 7.68. The summed E-state index contributed by atoms with van der Waals surface area (Å²) in [4.78, 5) is 24.4. The summed E-state index contributed by atoms with van der Waals surface area (Å²) in [5.41, 5.74) is 3.07. The lowest BCUT2D eigenvalue weighted by Gasteiger charge is -2.12. The molecule has 0 bridgehead atoms. The maximum atomic E-state index is 12.3. The van der Waals surface area contributed by atoms with Crippen molar-refractivity contribution in [3.05, 3.63) is 75.7 Å². The molecule has 1 atom stereocenters. The van der Waals surface area contributed by atoms with Gasteiger partial charge in [-0.25, -0.2) is 0 Å². The van der Waals surface area contributed by atoms with Gasteiger partial charge in [0.2, 0.25) is 10.9 Å². The lowest BCUT2D eigenvalue weighted by molar-refractivity contribution is -0.121. The molecule has 7 heteroatoms. The third kappa shape index (κ3) is 6.49. The summed E-state index contributed by atoms with van der Waals surface area (Å²) in [6.45, 7) is 4.71. The first-order valence-electron chi connectivity index (χ1n) is 10.0. The maximum Gasteiger partial charge on any atom is 0.286 e. The van der Waals surface area contributed by atoms with Gasteiger partial charge in [-0.15, -0.1) is 10.2 Å². The van der Waals surface area contributed by atoms with Crippen molar-refractivity contribution in [2.24, 2.45) is 0 Å². The predicted molar refractivity (Wildman–Crippen MR) is 120 cm³/mol. The number of nitrogens with zero attached hydrogens (tertiary/aromatic N) is 2. The molecule has 156 valence electrons. The van der Waals surface area contributed by atoms with Gasteiger partial charge in [0.15, 0.2) is 0 Å². The second kappa shape index (κ2) is 10.6. The van der Waals surface area contributed by atoms with Crippen LogP contribution in [0.25, 0.3) is 0 Å². The van der Waals surface area contributed by atoms with E-state index in [-0.39, 0.29) is 17.7 Å². The fraction of sp³-hybridized carbons (Fsp3) is 0.304. The third-order valence-corrected chi connectivity index (χ3v) is 5.72. The number of amides is 2. The van der Waals surface area contributed by atoms with E-state index in [1.165, 1.54) is 16.9 Å². The number of hydrogen-bond donors (Lipinski definition) is 2. The molecule has 0 radical (unpaired) electrons. The van der Waals surface area contributed by atoms with Crippen molar-refractivity contribution in [3.8, 4) is 0 Å². The Labute approximate surface area is 180 Å². The van der Waals surface area contributed by atoms with Crippen molar-refractivity contribution >= 4 is 28.8 Å². The molecule has 1 aromatic heterocycles. The van der Waals surface area contributed by atoms with Crippen LogP contribution in [0, 0.1) is 6.92 Å². The fourth-order valence-corrected chi connectivity index (χ4v) is 3.70. The van der Waals surface area contributed by atoms with Gasteiger partial charge in [0.25, 0.3) is 5.91 Å². The Morgan fingerprint density at radius 3 is 2.50 bits per heavy atom. The van der Waals surface area contributed by atoms with E-state index in [0.717, 1.165) is 16.3 Å². The van der Waals surface area contributed by atoms with E-state index in [0.29, 0.717) is 30.8 Å². The summed E-state index contributed by atoms with van der Waals surface area (Å²) in [5.74, 6) is 0.0304. The van der Waals surface area contributed by atoms with Crippen LogP contribution in [0.3, 0.4) is 0 Å². The first-order chi connectivity index (χ1) is 14.5. The summed E-state index contributed by atoms with van der Waals surface area (Å²) in [7, 11) is 0. The lowest BCUT2D eigenvalue weighted by Crippen LogP contribution is -2.27. The van der Waals surface area contributed by atoms with E-state index in [9.17, 15) is 9.59 Å². The average Bonchev–Trinajstić information content (AvgIpc) is 3.23. The van der Waals surface area contributed by atoms with Crippen LogP contribution in [0.2, 0.25) is 0 Å². The highest BCUT2D eigenvalue weighted by molar-refractivity contribution is 7.13. The Balaban J connectivity index is 1.39. The first-order valence-corrected chi connectivity index (χ1v) is 10.8. The Bertz CT molecular complexity index is 970. The van der Waals surface area contributed by atoms with Crippen molar-refractivity contribution in [2.45, 2.75) is 39.0 Å². The van der Waals surface area contributed by atoms with Crippen LogP contribution >= 0.6 is 11.3 Å². The van der Waals surface area contributed by atoms with Gasteiger partial charge in [-0.1, -0.05) is 66.3 Å². The molecule has 0 aliphatic carbocycles. The lowest BCUT2D eigenvalue weighted by atomic mass is 10.0. The van der Waals surface area contributed by atoms with Crippen molar-refractivity contribution < 1.29 is 9.59 Å². The number of anilines is 1. The van der Waals surface area contributed by atoms with Crippen LogP contribution in [0.4, 0.5) is 5.69 Å². The standard InChI is InChI=1S/C23H26N4O2S/c1-16-11-13-19(14-12-16)25-22(29)23-27-26-21(30-23)10-6-9-20(28)24-15-17(2)18-7-4-3-5-8-18/h3-5,7-8,11-14,17H,6,9-10,15H2,1-2H3,(H,24,28)(H,25,29)/t17-/m1/s1. The Hall–Kier alpha value is -3.06. The number of carbonyl (C=O) groups is 2. The molecule has 0 aliphatic heterocycles. The molecule has 1 heterocycles. The van der Waals surface area contributed by atoms with Gasteiger partial charge in [-0.3, -0.25) is 9.59 Å². The van der Waals surface area contributed by atoms with Crippen LogP contribution in [-0.4, -0.2) is 28.6 Å². The normalized spacial score (nSPS) is 11.7. The number of benzene rings is 2. The number of aromatic nitrogens is 2. The molecule has 30 heavy (non-hydrogen) atoms. The smallest absolute Gasteiger partial charge is 0.286 e. The number of rotatable bonds is 9. The van der Waals surface area contributed by atoms with Gasteiger partial charge in [-0.05, 0) is 37.0 Å². The number of nitrogens with one attached hydrogen (secondary N) is 2. The van der Waals surface area contributed by atoms with Gasteiger partial charge in [0.1, 0.15) is 5.01 Å². The highest BCUT2D eigenvalue weighted by atomic mass is 32.1. The molecular weight excluding hydrogens is 396 g/mol. The molecule has 3 aromatic rings. The monoisotopic (exact) mass is 422 g/mol. The van der Waals surface area contributed by atoms with E-state index in [1.807, 2.05) is 49.4 Å². The quantitative estimate of drug-likeness (QED) is 0.537. The van der Waals surface area contributed by atoms with E-state index in [1.54, 1.807) is 0 Å². The summed E-state index contributed by atoms with van der Waals surface area (Å²) >= 11 is 1.26. The molecule has 3 rings (SSSR count). The number of carbonyl (C=O) groups excluding carboxylic acids is 2. The third-order valence-electron chi connectivity index (χ3n) is 4.74. The molecule has 0 fully saturated rings. The minimum atomic E-state index is -0.268. The van der Waals surface area contributed by atoms with Crippen LogP contribution in [0.1, 0.15) is 51.6 Å². The van der Waals surface area contributed by atoms with Crippen molar-refractivity contribution in [1.29, 1.82) is 0 Å². The second-order valence-corrected chi connectivity index (χ2v) is 8.35. The molecule has 0 saturated carbocycles. The maximum absolute atomic E-state index is 12.3. The molecule has 2 N–H and O–H groups in total. The minimum absolute atomic E-state index is 0.0274. The highest BCUT2D eigenvalue weighted by Crippen LogP contribution is 2.16. The number of hydrogen-bond acceptors (Lipinski definition) is 5. The molecule has 0 aliphatic rings. The molecular formula is C23H26N4O2S. The van der Waals surface area contributed by atoms with Gasteiger partial charge >= 0.3 is 0 Å². The van der Waals surface area contributed by atoms with E-state index < -0.39 is 0 Å². The summed E-state index contributed by atoms with van der Waals surface area (Å²) in [6, 6.07) is 17.7.